The minimum atomic E-state index is -0.189. The Morgan fingerprint density at radius 2 is 2.17 bits per heavy atom. The van der Waals surface area contributed by atoms with Crippen LogP contribution in [0.1, 0.15) is 39.0 Å². The highest BCUT2D eigenvalue weighted by Crippen LogP contribution is 2.19. The second-order valence-corrected chi connectivity index (χ2v) is 4.61. The maximum atomic E-state index is 11.9. The number of aliphatic hydroxyl groups is 1. The van der Waals surface area contributed by atoms with Crippen molar-refractivity contribution in [2.75, 3.05) is 26.3 Å². The number of hydrogen-bond acceptors (Lipinski definition) is 4. The topological polar surface area (TPSA) is 66.8 Å². The molecule has 0 aromatic rings. The lowest BCUT2D eigenvalue weighted by Gasteiger charge is -2.31. The number of ether oxygens (including phenoxy) is 1. The molecule has 1 N–H and O–H groups in total. The van der Waals surface area contributed by atoms with Gasteiger partial charge in [-0.25, -0.2) is 0 Å². The number of hydrogen-bond donors (Lipinski definition) is 1. The van der Waals surface area contributed by atoms with Crippen LogP contribution in [0.4, 0.5) is 0 Å². The summed E-state index contributed by atoms with van der Waals surface area (Å²) < 4.78 is 5.00. The molecule has 1 fully saturated rings. The van der Waals surface area contributed by atoms with Crippen molar-refractivity contribution in [1.29, 1.82) is 0 Å². The molecule has 1 aliphatic rings. The SMILES string of the molecule is CCOC(=O)C1CCCN(C(=O)CCCCO)C1. The molecule has 1 rings (SSSR count). The predicted molar refractivity (Wildman–Crippen MR) is 66.9 cm³/mol. The van der Waals surface area contributed by atoms with Crippen molar-refractivity contribution in [1.82, 2.24) is 4.90 Å². The lowest BCUT2D eigenvalue weighted by atomic mass is 9.98. The Labute approximate surface area is 108 Å². The van der Waals surface area contributed by atoms with Crippen LogP contribution in [0.2, 0.25) is 0 Å². The van der Waals surface area contributed by atoms with E-state index in [0.717, 1.165) is 19.4 Å². The Balaban J connectivity index is 2.38. The first-order valence-electron chi connectivity index (χ1n) is 6.74. The summed E-state index contributed by atoms with van der Waals surface area (Å²) in [6.45, 7) is 3.52. The third-order valence-electron chi connectivity index (χ3n) is 3.19. The van der Waals surface area contributed by atoms with E-state index in [1.165, 1.54) is 0 Å². The quantitative estimate of drug-likeness (QED) is 0.568. The highest BCUT2D eigenvalue weighted by atomic mass is 16.5. The van der Waals surface area contributed by atoms with Crippen LogP contribution in [0.15, 0.2) is 0 Å². The molecule has 0 aliphatic carbocycles. The summed E-state index contributed by atoms with van der Waals surface area (Å²) in [6.07, 6.45) is 3.47. The summed E-state index contributed by atoms with van der Waals surface area (Å²) in [4.78, 5) is 25.3. The van der Waals surface area contributed by atoms with Crippen LogP contribution in [0.3, 0.4) is 0 Å². The van der Waals surface area contributed by atoms with Crippen LogP contribution in [0.25, 0.3) is 0 Å². The summed E-state index contributed by atoms with van der Waals surface area (Å²) >= 11 is 0. The maximum absolute atomic E-state index is 11.9. The van der Waals surface area contributed by atoms with E-state index < -0.39 is 0 Å². The van der Waals surface area contributed by atoms with Gasteiger partial charge >= 0.3 is 5.97 Å². The van der Waals surface area contributed by atoms with E-state index in [9.17, 15) is 9.59 Å². The molecule has 0 aromatic carbocycles. The van der Waals surface area contributed by atoms with Crippen LogP contribution in [0.5, 0.6) is 0 Å². The number of piperidine rings is 1. The zero-order chi connectivity index (χ0) is 13.4. The summed E-state index contributed by atoms with van der Waals surface area (Å²) in [6, 6.07) is 0. The van der Waals surface area contributed by atoms with Crippen molar-refractivity contribution in [3.63, 3.8) is 0 Å². The average Bonchev–Trinajstić information content (AvgIpc) is 2.39. The molecule has 0 saturated carbocycles. The summed E-state index contributed by atoms with van der Waals surface area (Å²) in [7, 11) is 0. The lowest BCUT2D eigenvalue weighted by molar-refractivity contribution is -0.151. The van der Waals surface area contributed by atoms with Crippen molar-refractivity contribution < 1.29 is 19.4 Å². The first-order valence-corrected chi connectivity index (χ1v) is 6.74. The van der Waals surface area contributed by atoms with E-state index in [-0.39, 0.29) is 24.4 Å². The highest BCUT2D eigenvalue weighted by molar-refractivity contribution is 5.78. The van der Waals surface area contributed by atoms with E-state index >= 15 is 0 Å². The van der Waals surface area contributed by atoms with Crippen LogP contribution in [-0.4, -0.2) is 48.2 Å². The molecule has 1 unspecified atom stereocenters. The van der Waals surface area contributed by atoms with E-state index in [1.807, 2.05) is 0 Å². The van der Waals surface area contributed by atoms with Gasteiger partial charge in [-0.2, -0.15) is 0 Å². The highest BCUT2D eigenvalue weighted by Gasteiger charge is 2.28. The van der Waals surface area contributed by atoms with E-state index in [0.29, 0.717) is 32.4 Å². The van der Waals surface area contributed by atoms with Gasteiger partial charge in [0.15, 0.2) is 0 Å². The van der Waals surface area contributed by atoms with Gasteiger partial charge in [-0.15, -0.1) is 0 Å². The molecule has 0 bridgehead atoms. The Kier molecular flexibility index (Phi) is 6.72. The van der Waals surface area contributed by atoms with Gasteiger partial charge in [-0.3, -0.25) is 9.59 Å². The van der Waals surface area contributed by atoms with Crippen molar-refractivity contribution in [2.24, 2.45) is 5.92 Å². The number of nitrogens with zero attached hydrogens (tertiary/aromatic N) is 1. The van der Waals surface area contributed by atoms with Crippen molar-refractivity contribution in [3.8, 4) is 0 Å². The fourth-order valence-electron chi connectivity index (χ4n) is 2.20. The van der Waals surface area contributed by atoms with Crippen molar-refractivity contribution in [3.05, 3.63) is 0 Å². The van der Waals surface area contributed by atoms with Crippen molar-refractivity contribution >= 4 is 11.9 Å². The number of unbranched alkanes of at least 4 members (excludes halogenated alkanes) is 1. The molecular weight excluding hydrogens is 234 g/mol. The molecule has 0 spiro atoms. The molecule has 0 radical (unpaired) electrons. The number of amides is 1. The summed E-state index contributed by atoms with van der Waals surface area (Å²) in [5.74, 6) is -0.275. The lowest BCUT2D eigenvalue weighted by Crippen LogP contribution is -2.42. The maximum Gasteiger partial charge on any atom is 0.310 e. The number of esters is 1. The summed E-state index contributed by atoms with van der Waals surface area (Å²) in [5, 5.41) is 8.68. The van der Waals surface area contributed by atoms with E-state index in [1.54, 1.807) is 11.8 Å². The molecule has 5 heteroatoms. The predicted octanol–water partition coefficient (Wildman–Crippen LogP) is 0.951. The van der Waals surface area contributed by atoms with Crippen LogP contribution < -0.4 is 0 Å². The molecule has 104 valence electrons. The van der Waals surface area contributed by atoms with E-state index in [2.05, 4.69) is 0 Å². The molecule has 1 aliphatic heterocycles. The average molecular weight is 257 g/mol. The second-order valence-electron chi connectivity index (χ2n) is 4.61. The zero-order valence-electron chi connectivity index (χ0n) is 11.1. The van der Waals surface area contributed by atoms with Gasteiger partial charge in [-0.05, 0) is 32.6 Å². The standard InChI is InChI=1S/C13H23NO4/c1-2-18-13(17)11-6-5-8-14(10-11)12(16)7-3-4-9-15/h11,15H,2-10H2,1H3. The van der Waals surface area contributed by atoms with Gasteiger partial charge in [0.1, 0.15) is 0 Å². The minimum absolute atomic E-state index is 0.0810. The van der Waals surface area contributed by atoms with Crippen LogP contribution in [0, 0.1) is 5.92 Å². The largest absolute Gasteiger partial charge is 0.466 e. The van der Waals surface area contributed by atoms with Crippen LogP contribution in [-0.2, 0) is 14.3 Å². The number of carbonyl (C=O) groups is 2. The fraction of sp³-hybridized carbons (Fsp3) is 0.846. The Bertz CT molecular complexity index is 280. The van der Waals surface area contributed by atoms with Crippen LogP contribution >= 0.6 is 0 Å². The zero-order valence-corrected chi connectivity index (χ0v) is 11.1. The van der Waals surface area contributed by atoms with Gasteiger partial charge in [0.25, 0.3) is 0 Å². The van der Waals surface area contributed by atoms with Gasteiger partial charge in [0, 0.05) is 26.1 Å². The minimum Gasteiger partial charge on any atom is -0.466 e. The number of aliphatic hydroxyl groups excluding tert-OH is 1. The first kappa shape index (κ1) is 15.0. The van der Waals surface area contributed by atoms with Gasteiger partial charge in [-0.1, -0.05) is 0 Å². The Morgan fingerprint density at radius 3 is 2.83 bits per heavy atom. The third kappa shape index (κ3) is 4.64. The van der Waals surface area contributed by atoms with Gasteiger partial charge < -0.3 is 14.7 Å². The van der Waals surface area contributed by atoms with E-state index in [4.69, 9.17) is 9.84 Å². The fourth-order valence-corrected chi connectivity index (χ4v) is 2.20. The third-order valence-corrected chi connectivity index (χ3v) is 3.19. The molecule has 1 heterocycles. The molecule has 1 amide bonds. The molecule has 5 nitrogen and oxygen atoms in total. The number of rotatable bonds is 6. The normalized spacial score (nSPS) is 19.7. The molecule has 1 saturated heterocycles. The van der Waals surface area contributed by atoms with Gasteiger partial charge in [0.2, 0.25) is 5.91 Å². The monoisotopic (exact) mass is 257 g/mol. The smallest absolute Gasteiger partial charge is 0.310 e. The number of carbonyl (C=O) groups excluding carboxylic acids is 2. The number of likely N-dealkylation sites (tertiary alicyclic amines) is 1. The molecule has 0 aromatic heterocycles. The first-order chi connectivity index (χ1) is 8.69. The molecule has 18 heavy (non-hydrogen) atoms. The Morgan fingerprint density at radius 1 is 1.39 bits per heavy atom. The second kappa shape index (κ2) is 8.08. The van der Waals surface area contributed by atoms with Crippen molar-refractivity contribution in [2.45, 2.75) is 39.0 Å². The molecular formula is C13H23NO4. The molecule has 1 atom stereocenters. The summed E-state index contributed by atoms with van der Waals surface area (Å²) in [5.41, 5.74) is 0. The van der Waals surface area contributed by atoms with Gasteiger partial charge in [0.05, 0.1) is 12.5 Å². The Hall–Kier alpha value is -1.10.